The summed E-state index contributed by atoms with van der Waals surface area (Å²) in [7, 11) is 0. The van der Waals surface area contributed by atoms with Gasteiger partial charge in [-0.3, -0.25) is 4.79 Å². The number of phenols is 1. The molecule has 1 heterocycles. The molecule has 1 N–H and O–H groups in total. The van der Waals surface area contributed by atoms with Gasteiger partial charge in [0.2, 0.25) is 5.91 Å². The highest BCUT2D eigenvalue weighted by Gasteiger charge is 2.29. The monoisotopic (exact) mass is 245 g/mol. The molecule has 1 fully saturated rings. The van der Waals surface area contributed by atoms with Gasteiger partial charge in [0.1, 0.15) is 5.75 Å². The van der Waals surface area contributed by atoms with E-state index in [1.165, 1.54) is 6.07 Å². The smallest absolute Gasteiger partial charge is 0.228 e. The minimum Gasteiger partial charge on any atom is -0.506 e. The molecule has 0 saturated carbocycles. The van der Waals surface area contributed by atoms with Crippen molar-refractivity contribution >= 4 is 34.8 Å². The number of halogens is 2. The largest absolute Gasteiger partial charge is 0.506 e. The normalized spacial score (nSPS) is 21.1. The molecule has 0 aliphatic carbocycles. The molecule has 0 radical (unpaired) electrons. The second kappa shape index (κ2) is 3.91. The Balaban J connectivity index is 2.30. The molecule has 1 amide bonds. The molecule has 1 aromatic carbocycles. The number of nitrogens with zero attached hydrogens (tertiary/aromatic N) is 1. The molecule has 15 heavy (non-hydrogen) atoms. The van der Waals surface area contributed by atoms with Crippen LogP contribution in [0, 0.1) is 0 Å². The summed E-state index contributed by atoms with van der Waals surface area (Å²) in [6.07, 6.45) is 0.347. The minimum atomic E-state index is -0.148. The van der Waals surface area contributed by atoms with Crippen molar-refractivity contribution in [1.82, 2.24) is 0 Å². The van der Waals surface area contributed by atoms with E-state index < -0.39 is 0 Å². The van der Waals surface area contributed by atoms with E-state index in [2.05, 4.69) is 0 Å². The number of carbonyl (C=O) groups is 1. The van der Waals surface area contributed by atoms with Crippen molar-refractivity contribution in [2.75, 3.05) is 11.4 Å². The van der Waals surface area contributed by atoms with Crippen LogP contribution in [0.3, 0.4) is 0 Å². The first-order valence-corrected chi connectivity index (χ1v) is 5.32. The molecule has 1 aliphatic rings. The molecule has 0 aromatic heterocycles. The fourth-order valence-electron chi connectivity index (χ4n) is 1.58. The zero-order chi connectivity index (χ0) is 11.0. The maximum Gasteiger partial charge on any atom is 0.228 e. The van der Waals surface area contributed by atoms with E-state index in [-0.39, 0.29) is 22.1 Å². The number of alkyl halides is 1. The maximum atomic E-state index is 11.5. The summed E-state index contributed by atoms with van der Waals surface area (Å²) in [4.78, 5) is 13.1. The summed E-state index contributed by atoms with van der Waals surface area (Å²) >= 11 is 11.6. The Morgan fingerprint density at radius 1 is 1.47 bits per heavy atom. The lowest BCUT2D eigenvalue weighted by Crippen LogP contribution is -2.24. The molecule has 80 valence electrons. The van der Waals surface area contributed by atoms with Crippen molar-refractivity contribution in [3.8, 4) is 5.75 Å². The third kappa shape index (κ3) is 2.03. The van der Waals surface area contributed by atoms with Gasteiger partial charge in [0.25, 0.3) is 0 Å². The van der Waals surface area contributed by atoms with Crippen molar-refractivity contribution in [3.05, 3.63) is 23.2 Å². The molecule has 1 unspecified atom stereocenters. The Bertz CT molecular complexity index is 408. The molecule has 0 spiro atoms. The van der Waals surface area contributed by atoms with Crippen molar-refractivity contribution in [2.45, 2.75) is 11.8 Å². The summed E-state index contributed by atoms with van der Waals surface area (Å²) in [6.45, 7) is 0.488. The van der Waals surface area contributed by atoms with E-state index in [0.29, 0.717) is 18.7 Å². The Morgan fingerprint density at radius 2 is 2.20 bits per heavy atom. The summed E-state index contributed by atoms with van der Waals surface area (Å²) in [5, 5.41) is 9.33. The number of anilines is 1. The number of benzene rings is 1. The highest BCUT2D eigenvalue weighted by Crippen LogP contribution is 2.31. The Kier molecular flexibility index (Phi) is 2.76. The van der Waals surface area contributed by atoms with Gasteiger partial charge in [0.05, 0.1) is 10.4 Å². The Labute approximate surface area is 97.2 Å². The van der Waals surface area contributed by atoms with Gasteiger partial charge in [0, 0.05) is 18.7 Å². The van der Waals surface area contributed by atoms with Crippen LogP contribution >= 0.6 is 23.2 Å². The molecule has 1 aliphatic heterocycles. The van der Waals surface area contributed by atoms with E-state index in [1.807, 2.05) is 0 Å². The van der Waals surface area contributed by atoms with Crippen molar-refractivity contribution < 1.29 is 9.90 Å². The summed E-state index contributed by atoms with van der Waals surface area (Å²) in [5.41, 5.74) is 0.672. The van der Waals surface area contributed by atoms with Gasteiger partial charge in [-0.2, -0.15) is 0 Å². The maximum absolute atomic E-state index is 11.5. The highest BCUT2D eigenvalue weighted by molar-refractivity contribution is 6.32. The average molecular weight is 246 g/mol. The highest BCUT2D eigenvalue weighted by atomic mass is 35.5. The SMILES string of the molecule is O=C1CC(Cl)CN1c1ccc(O)c(Cl)c1. The van der Waals surface area contributed by atoms with Gasteiger partial charge in [0.15, 0.2) is 0 Å². The predicted octanol–water partition coefficient (Wildman–Crippen LogP) is 2.39. The van der Waals surface area contributed by atoms with E-state index >= 15 is 0 Å². The lowest BCUT2D eigenvalue weighted by atomic mass is 10.3. The van der Waals surface area contributed by atoms with Crippen molar-refractivity contribution in [1.29, 1.82) is 0 Å². The van der Waals surface area contributed by atoms with Crippen LogP contribution in [0.1, 0.15) is 6.42 Å². The number of phenolic OH excluding ortho intramolecular Hbond substituents is 1. The number of amides is 1. The fraction of sp³-hybridized carbons (Fsp3) is 0.300. The third-order valence-electron chi connectivity index (χ3n) is 2.32. The molecule has 5 heteroatoms. The van der Waals surface area contributed by atoms with E-state index in [0.717, 1.165) is 0 Å². The number of carbonyl (C=O) groups excluding carboxylic acids is 1. The number of hydrogen-bond acceptors (Lipinski definition) is 2. The van der Waals surface area contributed by atoms with Crippen LogP contribution in [0.5, 0.6) is 5.75 Å². The Morgan fingerprint density at radius 3 is 2.73 bits per heavy atom. The number of rotatable bonds is 1. The van der Waals surface area contributed by atoms with E-state index in [1.54, 1.807) is 17.0 Å². The van der Waals surface area contributed by atoms with E-state index in [9.17, 15) is 9.90 Å². The van der Waals surface area contributed by atoms with Gasteiger partial charge >= 0.3 is 0 Å². The average Bonchev–Trinajstić information content (AvgIpc) is 2.50. The van der Waals surface area contributed by atoms with Gasteiger partial charge in [-0.15, -0.1) is 11.6 Å². The van der Waals surface area contributed by atoms with Crippen LogP contribution < -0.4 is 4.90 Å². The molecule has 3 nitrogen and oxygen atoms in total. The Hall–Kier alpha value is -0.930. The molecule has 0 bridgehead atoms. The van der Waals surface area contributed by atoms with Crippen LogP contribution in [0.25, 0.3) is 0 Å². The van der Waals surface area contributed by atoms with Crippen molar-refractivity contribution in [2.24, 2.45) is 0 Å². The third-order valence-corrected chi connectivity index (χ3v) is 2.92. The molecule has 2 rings (SSSR count). The summed E-state index contributed by atoms with van der Waals surface area (Å²) in [5.74, 6) is -0.00811. The summed E-state index contributed by atoms with van der Waals surface area (Å²) in [6, 6.07) is 4.67. The summed E-state index contributed by atoms with van der Waals surface area (Å²) < 4.78 is 0. The minimum absolute atomic E-state index is 0.00878. The fourth-order valence-corrected chi connectivity index (χ4v) is 2.02. The van der Waals surface area contributed by atoms with Gasteiger partial charge in [-0.25, -0.2) is 0 Å². The zero-order valence-electron chi connectivity index (χ0n) is 7.78. The van der Waals surface area contributed by atoms with Crippen LogP contribution in [-0.4, -0.2) is 22.9 Å². The second-order valence-electron chi connectivity index (χ2n) is 3.44. The van der Waals surface area contributed by atoms with Crippen LogP contribution in [-0.2, 0) is 4.79 Å². The molecular weight excluding hydrogens is 237 g/mol. The molecule has 1 aromatic rings. The van der Waals surface area contributed by atoms with Crippen LogP contribution in [0.15, 0.2) is 18.2 Å². The van der Waals surface area contributed by atoms with Gasteiger partial charge in [-0.05, 0) is 18.2 Å². The zero-order valence-corrected chi connectivity index (χ0v) is 9.29. The standard InChI is InChI=1S/C10H9Cl2NO2/c11-6-3-10(15)13(5-6)7-1-2-9(14)8(12)4-7/h1-2,4,6,14H,3,5H2. The van der Waals surface area contributed by atoms with Crippen LogP contribution in [0.4, 0.5) is 5.69 Å². The van der Waals surface area contributed by atoms with Crippen molar-refractivity contribution in [3.63, 3.8) is 0 Å². The van der Waals surface area contributed by atoms with Gasteiger partial charge < -0.3 is 10.0 Å². The van der Waals surface area contributed by atoms with Gasteiger partial charge in [-0.1, -0.05) is 11.6 Å². The predicted molar refractivity (Wildman–Crippen MR) is 59.7 cm³/mol. The first-order chi connectivity index (χ1) is 7.08. The first kappa shape index (κ1) is 10.6. The topological polar surface area (TPSA) is 40.5 Å². The number of aromatic hydroxyl groups is 1. The quantitative estimate of drug-likeness (QED) is 0.773. The second-order valence-corrected chi connectivity index (χ2v) is 4.47. The number of hydrogen-bond donors (Lipinski definition) is 1. The lowest BCUT2D eigenvalue weighted by molar-refractivity contribution is -0.117. The van der Waals surface area contributed by atoms with E-state index in [4.69, 9.17) is 23.2 Å². The molecule has 1 atom stereocenters. The molecular formula is C10H9Cl2NO2. The lowest BCUT2D eigenvalue weighted by Gasteiger charge is -2.16. The first-order valence-electron chi connectivity index (χ1n) is 4.51. The van der Waals surface area contributed by atoms with Crippen LogP contribution in [0.2, 0.25) is 5.02 Å². The molecule has 1 saturated heterocycles.